The highest BCUT2D eigenvalue weighted by Gasteiger charge is 2.10. The van der Waals surface area contributed by atoms with Gasteiger partial charge in [-0.2, -0.15) is 0 Å². The molecule has 0 unspecified atom stereocenters. The lowest BCUT2D eigenvalue weighted by Gasteiger charge is -2.09. The average Bonchev–Trinajstić information content (AvgIpc) is 2.84. The molecule has 1 aromatic heterocycles. The smallest absolute Gasteiger partial charge is 0.337 e. The highest BCUT2D eigenvalue weighted by molar-refractivity contribution is 7.07. The molecule has 1 heterocycles. The maximum atomic E-state index is 11.1. The Hall–Kier alpha value is -1.59. The predicted molar refractivity (Wildman–Crippen MR) is 72.7 cm³/mol. The Bertz CT molecular complexity index is 543. The Kier molecular flexibility index (Phi) is 4.17. The number of hydrogen-bond acceptors (Lipinski definition) is 4. The molecule has 0 aliphatic rings. The number of aromatic carboxylic acids is 1. The van der Waals surface area contributed by atoms with Crippen LogP contribution < -0.4 is 5.32 Å². The number of thiazole rings is 1. The summed E-state index contributed by atoms with van der Waals surface area (Å²) in [4.78, 5) is 15.2. The second kappa shape index (κ2) is 5.84. The van der Waals surface area contributed by atoms with Gasteiger partial charge in [0.15, 0.2) is 0 Å². The molecule has 2 N–H and O–H groups in total. The first-order valence-corrected chi connectivity index (χ1v) is 6.62. The van der Waals surface area contributed by atoms with Gasteiger partial charge < -0.3 is 10.4 Å². The third kappa shape index (κ3) is 3.21. The topological polar surface area (TPSA) is 62.2 Å². The second-order valence-corrected chi connectivity index (χ2v) is 4.81. The van der Waals surface area contributed by atoms with Crippen LogP contribution in [-0.4, -0.2) is 22.6 Å². The second-order valence-electron chi connectivity index (χ2n) is 3.65. The summed E-state index contributed by atoms with van der Waals surface area (Å²) in [6.07, 6.45) is 0.755. The summed E-state index contributed by atoms with van der Waals surface area (Å²) in [5, 5.41) is 14.5. The number of nitrogens with zero attached hydrogens (tertiary/aromatic N) is 1. The van der Waals surface area contributed by atoms with Crippen LogP contribution in [0.4, 0.5) is 5.69 Å². The van der Waals surface area contributed by atoms with Crippen LogP contribution in [-0.2, 0) is 6.42 Å². The minimum atomic E-state index is -0.992. The molecule has 0 atom stereocenters. The molecule has 0 spiro atoms. The van der Waals surface area contributed by atoms with Crippen molar-refractivity contribution in [3.63, 3.8) is 0 Å². The Balaban J connectivity index is 2.02. The van der Waals surface area contributed by atoms with Gasteiger partial charge in [0.05, 0.1) is 16.8 Å². The van der Waals surface area contributed by atoms with Crippen molar-refractivity contribution in [1.82, 2.24) is 4.98 Å². The molecule has 0 fully saturated rings. The number of benzene rings is 1. The van der Waals surface area contributed by atoms with Gasteiger partial charge in [-0.25, -0.2) is 9.78 Å². The normalized spacial score (nSPS) is 10.3. The summed E-state index contributed by atoms with van der Waals surface area (Å²) in [6.45, 7) is 0.631. The number of rotatable bonds is 5. The zero-order valence-corrected chi connectivity index (χ0v) is 11.0. The van der Waals surface area contributed by atoms with Gasteiger partial charge in [0.1, 0.15) is 0 Å². The summed E-state index contributed by atoms with van der Waals surface area (Å²) in [6, 6.07) is 4.78. The number of anilines is 1. The highest BCUT2D eigenvalue weighted by atomic mass is 35.5. The molecule has 0 saturated carbocycles. The zero-order chi connectivity index (χ0) is 13.0. The Morgan fingerprint density at radius 2 is 2.33 bits per heavy atom. The molecule has 0 aliphatic heterocycles. The molecule has 2 aromatic rings. The van der Waals surface area contributed by atoms with Crippen molar-refractivity contribution in [3.05, 3.63) is 45.4 Å². The van der Waals surface area contributed by atoms with E-state index in [2.05, 4.69) is 10.3 Å². The number of carboxylic acid groups (broad SMARTS) is 1. The van der Waals surface area contributed by atoms with E-state index in [1.54, 1.807) is 29.0 Å². The van der Waals surface area contributed by atoms with Crippen LogP contribution in [0.3, 0.4) is 0 Å². The lowest BCUT2D eigenvalue weighted by molar-refractivity contribution is 0.0698. The number of halogens is 1. The number of carboxylic acids is 1. The van der Waals surface area contributed by atoms with E-state index >= 15 is 0 Å². The Labute approximate surface area is 113 Å². The first-order chi connectivity index (χ1) is 8.66. The van der Waals surface area contributed by atoms with Crippen molar-refractivity contribution in [2.45, 2.75) is 6.42 Å². The van der Waals surface area contributed by atoms with E-state index in [1.165, 1.54) is 6.07 Å². The zero-order valence-electron chi connectivity index (χ0n) is 9.39. The van der Waals surface area contributed by atoms with Gasteiger partial charge in [0, 0.05) is 29.1 Å². The van der Waals surface area contributed by atoms with Gasteiger partial charge in [-0.1, -0.05) is 11.6 Å². The molecule has 94 valence electrons. The third-order valence-corrected chi connectivity index (χ3v) is 3.26. The SMILES string of the molecule is O=C(O)c1cc(Cl)ccc1NCCc1cscn1. The molecule has 4 nitrogen and oxygen atoms in total. The molecule has 1 aromatic carbocycles. The number of carbonyl (C=O) groups is 1. The van der Waals surface area contributed by atoms with Gasteiger partial charge in [-0.3, -0.25) is 0 Å². The lowest BCUT2D eigenvalue weighted by atomic mass is 10.1. The average molecular weight is 283 g/mol. The van der Waals surface area contributed by atoms with E-state index in [4.69, 9.17) is 16.7 Å². The standard InChI is InChI=1S/C12H11ClN2O2S/c13-8-1-2-11(10(5-8)12(16)17)14-4-3-9-6-18-7-15-9/h1-2,5-7,14H,3-4H2,(H,16,17). The van der Waals surface area contributed by atoms with Gasteiger partial charge in [-0.05, 0) is 18.2 Å². The van der Waals surface area contributed by atoms with Crippen molar-refractivity contribution < 1.29 is 9.90 Å². The lowest BCUT2D eigenvalue weighted by Crippen LogP contribution is -2.09. The largest absolute Gasteiger partial charge is 0.478 e. The minimum Gasteiger partial charge on any atom is -0.478 e. The minimum absolute atomic E-state index is 0.181. The van der Waals surface area contributed by atoms with Crippen LogP contribution in [0.1, 0.15) is 16.1 Å². The highest BCUT2D eigenvalue weighted by Crippen LogP contribution is 2.20. The van der Waals surface area contributed by atoms with Crippen LogP contribution in [0.2, 0.25) is 5.02 Å². The molecule has 0 saturated heterocycles. The fourth-order valence-electron chi connectivity index (χ4n) is 1.53. The third-order valence-electron chi connectivity index (χ3n) is 2.39. The summed E-state index contributed by atoms with van der Waals surface area (Å²) in [5.41, 5.74) is 3.53. The van der Waals surface area contributed by atoms with Crippen LogP contribution in [0.15, 0.2) is 29.1 Å². The quantitative estimate of drug-likeness (QED) is 0.884. The van der Waals surface area contributed by atoms with Crippen LogP contribution in [0.5, 0.6) is 0 Å². The molecule has 6 heteroatoms. The molecule has 0 aliphatic carbocycles. The van der Waals surface area contributed by atoms with Gasteiger partial charge in [-0.15, -0.1) is 11.3 Å². The molecule has 2 rings (SSSR count). The summed E-state index contributed by atoms with van der Waals surface area (Å²) >= 11 is 7.32. The van der Waals surface area contributed by atoms with Crippen molar-refractivity contribution >= 4 is 34.6 Å². The van der Waals surface area contributed by atoms with E-state index in [9.17, 15) is 4.79 Å². The predicted octanol–water partition coefficient (Wildman–Crippen LogP) is 3.15. The summed E-state index contributed by atoms with van der Waals surface area (Å²) in [5.74, 6) is -0.992. The van der Waals surface area contributed by atoms with E-state index in [-0.39, 0.29) is 5.56 Å². The van der Waals surface area contributed by atoms with Crippen LogP contribution >= 0.6 is 22.9 Å². The fraction of sp³-hybridized carbons (Fsp3) is 0.167. The van der Waals surface area contributed by atoms with Crippen LogP contribution in [0, 0.1) is 0 Å². The maximum Gasteiger partial charge on any atom is 0.337 e. The fourth-order valence-corrected chi connectivity index (χ4v) is 2.30. The molecule has 0 bridgehead atoms. The Morgan fingerprint density at radius 3 is 3.00 bits per heavy atom. The monoisotopic (exact) mass is 282 g/mol. The van der Waals surface area contributed by atoms with Gasteiger partial charge in [0.2, 0.25) is 0 Å². The molecular formula is C12H11ClN2O2S. The van der Waals surface area contributed by atoms with Gasteiger partial charge in [0.25, 0.3) is 0 Å². The van der Waals surface area contributed by atoms with E-state index in [0.717, 1.165) is 12.1 Å². The first kappa shape index (κ1) is 12.9. The molecular weight excluding hydrogens is 272 g/mol. The number of nitrogens with one attached hydrogen (secondary N) is 1. The molecule has 0 amide bonds. The first-order valence-electron chi connectivity index (χ1n) is 5.30. The van der Waals surface area contributed by atoms with Crippen molar-refractivity contribution in [1.29, 1.82) is 0 Å². The van der Waals surface area contributed by atoms with E-state index in [0.29, 0.717) is 17.3 Å². The summed E-state index contributed by atoms with van der Waals surface area (Å²) in [7, 11) is 0. The molecule has 0 radical (unpaired) electrons. The maximum absolute atomic E-state index is 11.1. The van der Waals surface area contributed by atoms with Crippen molar-refractivity contribution in [3.8, 4) is 0 Å². The number of aromatic nitrogens is 1. The van der Waals surface area contributed by atoms with Crippen molar-refractivity contribution in [2.75, 3.05) is 11.9 Å². The summed E-state index contributed by atoms with van der Waals surface area (Å²) < 4.78 is 0. The molecule has 18 heavy (non-hydrogen) atoms. The van der Waals surface area contributed by atoms with E-state index in [1.807, 2.05) is 5.38 Å². The van der Waals surface area contributed by atoms with Crippen molar-refractivity contribution in [2.24, 2.45) is 0 Å². The Morgan fingerprint density at radius 1 is 1.50 bits per heavy atom. The van der Waals surface area contributed by atoms with Crippen LogP contribution in [0.25, 0.3) is 0 Å². The van der Waals surface area contributed by atoms with Gasteiger partial charge >= 0.3 is 5.97 Å². The van der Waals surface area contributed by atoms with E-state index < -0.39 is 5.97 Å². The number of hydrogen-bond donors (Lipinski definition) is 2.